The van der Waals surface area contributed by atoms with Crippen LogP contribution in [-0.2, 0) is 4.74 Å². The summed E-state index contributed by atoms with van der Waals surface area (Å²) in [5.74, 6) is 5.47. The van der Waals surface area contributed by atoms with Crippen LogP contribution in [0, 0.1) is 0 Å². The average molecular weight is 131 g/mol. The highest BCUT2D eigenvalue weighted by molar-refractivity contribution is 4.54. The summed E-state index contributed by atoms with van der Waals surface area (Å²) in [6.45, 7) is 3.41. The highest BCUT2D eigenvalue weighted by atomic mass is 16.5. The lowest BCUT2D eigenvalue weighted by molar-refractivity contribution is -0.0765. The van der Waals surface area contributed by atoms with Gasteiger partial charge in [-0.1, -0.05) is 0 Å². The molecule has 4 nitrogen and oxygen atoms in total. The quantitative estimate of drug-likeness (QED) is 0.367. The Hall–Kier alpha value is -0.160. The lowest BCUT2D eigenvalue weighted by atomic mass is 10.5. The lowest BCUT2D eigenvalue weighted by Gasteiger charge is -2.31. The van der Waals surface area contributed by atoms with Gasteiger partial charge in [0, 0.05) is 20.1 Å². The van der Waals surface area contributed by atoms with Gasteiger partial charge in [-0.05, 0) is 0 Å². The Kier molecular flexibility index (Phi) is 2.41. The fourth-order valence-corrected chi connectivity index (χ4v) is 0.869. The Morgan fingerprint density at radius 1 is 1.44 bits per heavy atom. The molecular formula is C5H13N3O. The van der Waals surface area contributed by atoms with E-state index >= 15 is 0 Å². The number of nitrogens with zero attached hydrogens (tertiary/aromatic N) is 2. The van der Waals surface area contributed by atoms with Gasteiger partial charge in [0.1, 0.15) is 0 Å². The first kappa shape index (κ1) is 6.95. The van der Waals surface area contributed by atoms with E-state index in [2.05, 4.69) is 0 Å². The minimum atomic E-state index is 0.793. The number of rotatable bonds is 1. The van der Waals surface area contributed by atoms with Gasteiger partial charge in [-0.3, -0.25) is 5.84 Å². The Morgan fingerprint density at radius 3 is 2.33 bits per heavy atom. The smallest absolute Gasteiger partial charge is 0.0608 e. The topological polar surface area (TPSA) is 41.7 Å². The third kappa shape index (κ3) is 1.91. The van der Waals surface area contributed by atoms with Crippen LogP contribution in [0.2, 0.25) is 0 Å². The fraction of sp³-hybridized carbons (Fsp3) is 1.00. The molecule has 9 heavy (non-hydrogen) atoms. The van der Waals surface area contributed by atoms with Crippen LogP contribution >= 0.6 is 0 Å². The second-order valence-corrected chi connectivity index (χ2v) is 2.14. The third-order valence-corrected chi connectivity index (χ3v) is 1.43. The first-order chi connectivity index (χ1) is 4.30. The summed E-state index contributed by atoms with van der Waals surface area (Å²) in [4.78, 5) is 0. The van der Waals surface area contributed by atoms with Crippen molar-refractivity contribution < 1.29 is 4.74 Å². The summed E-state index contributed by atoms with van der Waals surface area (Å²) in [5, 5.41) is 3.66. The first-order valence-electron chi connectivity index (χ1n) is 3.12. The number of hydrogen-bond acceptors (Lipinski definition) is 4. The molecule has 0 aromatic carbocycles. The second kappa shape index (κ2) is 3.12. The van der Waals surface area contributed by atoms with Crippen LogP contribution in [0.15, 0.2) is 0 Å². The molecule has 1 rings (SSSR count). The van der Waals surface area contributed by atoms with Crippen molar-refractivity contribution in [2.75, 3.05) is 33.4 Å². The monoisotopic (exact) mass is 131 g/mol. The molecule has 0 saturated carbocycles. The summed E-state index contributed by atoms with van der Waals surface area (Å²) in [6, 6.07) is 0. The van der Waals surface area contributed by atoms with Gasteiger partial charge in [0.15, 0.2) is 0 Å². The van der Waals surface area contributed by atoms with E-state index in [9.17, 15) is 0 Å². The SMILES string of the molecule is CN(N)N1CCOCC1. The summed E-state index contributed by atoms with van der Waals surface area (Å²) in [6.07, 6.45) is 0. The van der Waals surface area contributed by atoms with E-state index in [0.29, 0.717) is 0 Å². The number of hydrazine groups is 2. The zero-order valence-corrected chi connectivity index (χ0v) is 5.71. The molecule has 2 N–H and O–H groups in total. The summed E-state index contributed by atoms with van der Waals surface area (Å²) in [7, 11) is 1.84. The third-order valence-electron chi connectivity index (χ3n) is 1.43. The second-order valence-electron chi connectivity index (χ2n) is 2.14. The molecule has 1 aliphatic rings. The molecule has 0 aromatic heterocycles. The molecular weight excluding hydrogens is 118 g/mol. The van der Waals surface area contributed by atoms with Crippen LogP contribution < -0.4 is 5.84 Å². The zero-order chi connectivity index (χ0) is 6.69. The number of nitrogens with two attached hydrogens (primary N) is 1. The van der Waals surface area contributed by atoms with Crippen LogP contribution in [0.4, 0.5) is 0 Å². The van der Waals surface area contributed by atoms with Gasteiger partial charge in [-0.15, -0.1) is 0 Å². The highest BCUT2D eigenvalue weighted by Gasteiger charge is 2.11. The maximum Gasteiger partial charge on any atom is 0.0608 e. The minimum absolute atomic E-state index is 0.793. The maximum absolute atomic E-state index is 5.47. The van der Waals surface area contributed by atoms with Crippen molar-refractivity contribution in [2.24, 2.45) is 5.84 Å². The largest absolute Gasteiger partial charge is 0.379 e. The standard InChI is InChI=1S/C5H13N3O/c1-7(6)8-2-4-9-5-3-8/h2-6H2,1H3. The molecule has 0 aromatic rings. The first-order valence-corrected chi connectivity index (χ1v) is 3.12. The number of hydrogen-bond donors (Lipinski definition) is 1. The molecule has 0 bridgehead atoms. The zero-order valence-electron chi connectivity index (χ0n) is 5.71. The summed E-state index contributed by atoms with van der Waals surface area (Å²) in [5.41, 5.74) is 0. The van der Waals surface area contributed by atoms with Crippen LogP contribution in [0.25, 0.3) is 0 Å². The van der Waals surface area contributed by atoms with Crippen molar-refractivity contribution >= 4 is 0 Å². The van der Waals surface area contributed by atoms with Crippen molar-refractivity contribution in [3.8, 4) is 0 Å². The van der Waals surface area contributed by atoms with Crippen molar-refractivity contribution in [3.05, 3.63) is 0 Å². The Bertz CT molecular complexity index is 80.3. The van der Waals surface area contributed by atoms with Crippen LogP contribution in [0.3, 0.4) is 0 Å². The van der Waals surface area contributed by atoms with Crippen LogP contribution in [0.5, 0.6) is 0 Å². The van der Waals surface area contributed by atoms with E-state index in [-0.39, 0.29) is 0 Å². The maximum atomic E-state index is 5.47. The van der Waals surface area contributed by atoms with E-state index in [1.165, 1.54) is 0 Å². The predicted molar refractivity (Wildman–Crippen MR) is 34.3 cm³/mol. The van der Waals surface area contributed by atoms with Gasteiger partial charge < -0.3 is 4.74 Å². The van der Waals surface area contributed by atoms with Crippen molar-refractivity contribution in [1.82, 2.24) is 10.1 Å². The molecule has 1 aliphatic heterocycles. The molecule has 1 fully saturated rings. The molecule has 54 valence electrons. The van der Waals surface area contributed by atoms with Gasteiger partial charge in [-0.25, -0.2) is 5.01 Å². The van der Waals surface area contributed by atoms with Gasteiger partial charge in [0.05, 0.1) is 13.2 Å². The normalized spacial score (nSPS) is 23.0. The fourth-order valence-electron chi connectivity index (χ4n) is 0.869. The Morgan fingerprint density at radius 2 is 2.00 bits per heavy atom. The van der Waals surface area contributed by atoms with Crippen molar-refractivity contribution in [2.45, 2.75) is 0 Å². The van der Waals surface area contributed by atoms with Gasteiger partial charge in [-0.2, -0.15) is 5.12 Å². The van der Waals surface area contributed by atoms with E-state index < -0.39 is 0 Å². The molecule has 4 heteroatoms. The van der Waals surface area contributed by atoms with E-state index in [4.69, 9.17) is 10.6 Å². The number of ether oxygens (including phenoxy) is 1. The van der Waals surface area contributed by atoms with Crippen LogP contribution in [-0.4, -0.2) is 43.5 Å². The van der Waals surface area contributed by atoms with Crippen molar-refractivity contribution in [3.63, 3.8) is 0 Å². The molecule has 0 unspecified atom stereocenters. The van der Waals surface area contributed by atoms with Gasteiger partial charge in [0.25, 0.3) is 0 Å². The van der Waals surface area contributed by atoms with E-state index in [1.807, 2.05) is 12.1 Å². The highest BCUT2D eigenvalue weighted by Crippen LogP contribution is 1.95. The molecule has 0 aliphatic carbocycles. The molecule has 0 amide bonds. The van der Waals surface area contributed by atoms with Gasteiger partial charge in [0.2, 0.25) is 0 Å². The van der Waals surface area contributed by atoms with Gasteiger partial charge >= 0.3 is 0 Å². The molecule has 0 spiro atoms. The van der Waals surface area contributed by atoms with E-state index in [0.717, 1.165) is 26.3 Å². The van der Waals surface area contributed by atoms with E-state index in [1.54, 1.807) is 5.12 Å². The Labute approximate surface area is 55.1 Å². The predicted octanol–water partition coefficient (Wildman–Crippen LogP) is -0.961. The molecule has 0 radical (unpaired) electrons. The number of morpholine rings is 1. The lowest BCUT2D eigenvalue weighted by Crippen LogP contribution is -2.50. The molecule has 0 atom stereocenters. The summed E-state index contributed by atoms with van der Waals surface area (Å²) < 4.78 is 5.13. The summed E-state index contributed by atoms with van der Waals surface area (Å²) >= 11 is 0. The average Bonchev–Trinajstić information content (AvgIpc) is 1.90. The minimum Gasteiger partial charge on any atom is -0.379 e. The van der Waals surface area contributed by atoms with Crippen molar-refractivity contribution in [1.29, 1.82) is 0 Å². The molecule has 1 saturated heterocycles. The molecule has 1 heterocycles. The Balaban J connectivity index is 2.23. The van der Waals surface area contributed by atoms with Crippen LogP contribution in [0.1, 0.15) is 0 Å².